The maximum Gasteiger partial charge on any atom is 0.154 e. The second-order valence-electron chi connectivity index (χ2n) is 5.46. The summed E-state index contributed by atoms with van der Waals surface area (Å²) in [5, 5.41) is 4.89. The van der Waals surface area contributed by atoms with Crippen LogP contribution in [0.1, 0.15) is 32.2 Å². The molecule has 0 bridgehead atoms. The molecular weight excluding hydrogens is 300 g/mol. The van der Waals surface area contributed by atoms with Gasteiger partial charge in [0.2, 0.25) is 0 Å². The van der Waals surface area contributed by atoms with Gasteiger partial charge < -0.3 is 0 Å². The van der Waals surface area contributed by atoms with Crippen molar-refractivity contribution in [1.29, 1.82) is 0 Å². The summed E-state index contributed by atoms with van der Waals surface area (Å²) in [6.07, 6.45) is 1.60. The number of halogens is 1. The summed E-state index contributed by atoms with van der Waals surface area (Å²) in [5.41, 5.74) is 4.14. The SMILES string of the molecule is CCn1nc(C)c(Cl)c1CC(NN)C(C)(C)S(C)(=O)=O. The van der Waals surface area contributed by atoms with Crippen molar-refractivity contribution in [1.82, 2.24) is 15.2 Å². The third-order valence-electron chi connectivity index (χ3n) is 3.85. The summed E-state index contributed by atoms with van der Waals surface area (Å²) >= 11 is 6.26. The van der Waals surface area contributed by atoms with Crippen LogP contribution in [0.4, 0.5) is 0 Å². The lowest BCUT2D eigenvalue weighted by atomic mass is 9.98. The molecule has 1 rings (SSSR count). The number of nitrogens with zero attached hydrogens (tertiary/aromatic N) is 2. The highest BCUT2D eigenvalue weighted by atomic mass is 35.5. The Hall–Kier alpha value is -0.630. The maximum atomic E-state index is 11.9. The number of hydrazine groups is 1. The fourth-order valence-electron chi connectivity index (χ4n) is 2.02. The van der Waals surface area contributed by atoms with Crippen LogP contribution in [0.5, 0.6) is 0 Å². The summed E-state index contributed by atoms with van der Waals surface area (Å²) in [7, 11) is -3.27. The molecule has 0 radical (unpaired) electrons. The Bertz CT molecular complexity index is 581. The zero-order valence-electron chi connectivity index (χ0n) is 12.6. The van der Waals surface area contributed by atoms with Crippen molar-refractivity contribution < 1.29 is 8.42 Å². The second kappa shape index (κ2) is 6.01. The maximum absolute atomic E-state index is 11.9. The van der Waals surface area contributed by atoms with Gasteiger partial charge in [0, 0.05) is 25.3 Å². The molecule has 3 N–H and O–H groups in total. The molecule has 0 spiro atoms. The van der Waals surface area contributed by atoms with Crippen molar-refractivity contribution in [3.05, 3.63) is 16.4 Å². The monoisotopic (exact) mass is 322 g/mol. The van der Waals surface area contributed by atoms with E-state index in [9.17, 15) is 8.42 Å². The van der Waals surface area contributed by atoms with E-state index in [0.29, 0.717) is 18.0 Å². The van der Waals surface area contributed by atoms with Crippen molar-refractivity contribution in [2.75, 3.05) is 6.26 Å². The minimum absolute atomic E-state index is 0.393. The van der Waals surface area contributed by atoms with Gasteiger partial charge >= 0.3 is 0 Å². The molecule has 1 heterocycles. The fourth-order valence-corrected chi connectivity index (χ4v) is 2.90. The van der Waals surface area contributed by atoms with E-state index in [4.69, 9.17) is 17.4 Å². The Kier molecular flexibility index (Phi) is 5.23. The van der Waals surface area contributed by atoms with Gasteiger partial charge in [0.1, 0.15) is 0 Å². The molecule has 0 saturated heterocycles. The normalized spacial score (nSPS) is 14.6. The van der Waals surface area contributed by atoms with Gasteiger partial charge in [-0.15, -0.1) is 0 Å². The molecule has 0 amide bonds. The summed E-state index contributed by atoms with van der Waals surface area (Å²) in [6, 6.07) is -0.462. The summed E-state index contributed by atoms with van der Waals surface area (Å²) < 4.78 is 24.6. The van der Waals surface area contributed by atoms with E-state index in [-0.39, 0.29) is 0 Å². The fraction of sp³-hybridized carbons (Fsp3) is 0.750. The first-order valence-electron chi connectivity index (χ1n) is 6.43. The van der Waals surface area contributed by atoms with E-state index in [1.807, 2.05) is 13.8 Å². The average Bonchev–Trinajstić information content (AvgIpc) is 2.61. The van der Waals surface area contributed by atoms with E-state index < -0.39 is 20.6 Å². The van der Waals surface area contributed by atoms with Crippen LogP contribution >= 0.6 is 11.6 Å². The number of sulfone groups is 1. The molecule has 1 aromatic rings. The van der Waals surface area contributed by atoms with Gasteiger partial charge in [0.15, 0.2) is 9.84 Å². The van der Waals surface area contributed by atoms with Crippen LogP contribution in [0.3, 0.4) is 0 Å². The molecule has 1 aromatic heterocycles. The van der Waals surface area contributed by atoms with Gasteiger partial charge in [0.05, 0.1) is 21.2 Å². The standard InChI is InChI=1S/C12H23ClN4O2S/c1-6-17-9(11(13)8(2)16-17)7-10(15-14)12(3,4)20(5,18)19/h10,15H,6-7,14H2,1-5H3. The van der Waals surface area contributed by atoms with Crippen LogP contribution < -0.4 is 11.3 Å². The lowest BCUT2D eigenvalue weighted by Gasteiger charge is -2.32. The van der Waals surface area contributed by atoms with E-state index >= 15 is 0 Å². The molecule has 0 aliphatic rings. The van der Waals surface area contributed by atoms with E-state index in [2.05, 4.69) is 10.5 Å². The number of aryl methyl sites for hydroxylation is 2. The molecule has 0 aliphatic carbocycles. The Morgan fingerprint density at radius 1 is 1.50 bits per heavy atom. The highest BCUT2D eigenvalue weighted by molar-refractivity contribution is 7.92. The molecule has 0 saturated carbocycles. The molecule has 1 unspecified atom stereocenters. The van der Waals surface area contributed by atoms with Crippen LogP contribution in [0.25, 0.3) is 0 Å². The summed E-state index contributed by atoms with van der Waals surface area (Å²) in [6.45, 7) is 7.75. The highest BCUT2D eigenvalue weighted by Gasteiger charge is 2.39. The molecule has 0 fully saturated rings. The molecule has 20 heavy (non-hydrogen) atoms. The van der Waals surface area contributed by atoms with Crippen molar-refractivity contribution in [3.63, 3.8) is 0 Å². The topological polar surface area (TPSA) is 90.0 Å². The first kappa shape index (κ1) is 17.4. The number of nitrogens with two attached hydrogens (primary N) is 1. The minimum atomic E-state index is -3.27. The number of nitrogens with one attached hydrogen (secondary N) is 1. The Morgan fingerprint density at radius 3 is 2.45 bits per heavy atom. The molecular formula is C12H23ClN4O2S. The van der Waals surface area contributed by atoms with Gasteiger partial charge in [-0.05, 0) is 27.7 Å². The smallest absolute Gasteiger partial charge is 0.154 e. The van der Waals surface area contributed by atoms with Crippen LogP contribution in [-0.4, -0.2) is 35.2 Å². The summed E-state index contributed by atoms with van der Waals surface area (Å²) in [5.74, 6) is 5.56. The molecule has 116 valence electrons. The average molecular weight is 323 g/mol. The lowest BCUT2D eigenvalue weighted by Crippen LogP contribution is -2.55. The van der Waals surface area contributed by atoms with Gasteiger partial charge in [-0.2, -0.15) is 5.10 Å². The van der Waals surface area contributed by atoms with Crippen LogP contribution in [0.2, 0.25) is 5.02 Å². The zero-order valence-corrected chi connectivity index (χ0v) is 14.1. The molecule has 8 heteroatoms. The largest absolute Gasteiger partial charge is 0.271 e. The molecule has 0 aromatic carbocycles. The molecule has 0 aliphatic heterocycles. The van der Waals surface area contributed by atoms with Crippen molar-refractivity contribution in [2.24, 2.45) is 5.84 Å². The zero-order chi connectivity index (χ0) is 15.7. The van der Waals surface area contributed by atoms with Gasteiger partial charge in [-0.1, -0.05) is 11.6 Å². The Balaban J connectivity index is 3.19. The predicted molar refractivity (Wildman–Crippen MR) is 81.4 cm³/mol. The number of hydrogen-bond acceptors (Lipinski definition) is 5. The van der Waals surface area contributed by atoms with Crippen molar-refractivity contribution in [3.8, 4) is 0 Å². The Morgan fingerprint density at radius 2 is 2.05 bits per heavy atom. The first-order chi connectivity index (χ1) is 9.06. The summed E-state index contributed by atoms with van der Waals surface area (Å²) in [4.78, 5) is 0. The van der Waals surface area contributed by atoms with Gasteiger partial charge in [-0.25, -0.2) is 8.42 Å². The Labute approximate surface area is 125 Å². The second-order valence-corrected chi connectivity index (χ2v) is 8.44. The van der Waals surface area contributed by atoms with Crippen molar-refractivity contribution >= 4 is 21.4 Å². The van der Waals surface area contributed by atoms with Gasteiger partial charge in [-0.3, -0.25) is 16.0 Å². The number of hydrogen-bond donors (Lipinski definition) is 2. The molecule has 1 atom stereocenters. The highest BCUT2D eigenvalue weighted by Crippen LogP contribution is 2.27. The van der Waals surface area contributed by atoms with Crippen LogP contribution in [0, 0.1) is 6.92 Å². The first-order valence-corrected chi connectivity index (χ1v) is 8.70. The van der Waals surface area contributed by atoms with Gasteiger partial charge in [0.25, 0.3) is 0 Å². The molecule has 6 nitrogen and oxygen atoms in total. The van der Waals surface area contributed by atoms with Crippen LogP contribution in [0.15, 0.2) is 0 Å². The van der Waals surface area contributed by atoms with E-state index in [0.717, 1.165) is 11.4 Å². The van der Waals surface area contributed by atoms with Crippen LogP contribution in [-0.2, 0) is 22.8 Å². The lowest BCUT2D eigenvalue weighted by molar-refractivity contribution is 0.403. The predicted octanol–water partition coefficient (Wildman–Crippen LogP) is 1.06. The third kappa shape index (κ3) is 3.16. The van der Waals surface area contributed by atoms with E-state index in [1.165, 1.54) is 6.26 Å². The van der Waals surface area contributed by atoms with E-state index in [1.54, 1.807) is 18.5 Å². The quantitative estimate of drug-likeness (QED) is 0.604. The number of aromatic nitrogens is 2. The number of rotatable bonds is 6. The van der Waals surface area contributed by atoms with Crippen molar-refractivity contribution in [2.45, 2.75) is 51.4 Å². The minimum Gasteiger partial charge on any atom is -0.271 e. The third-order valence-corrected chi connectivity index (χ3v) is 6.53.